The monoisotopic (exact) mass is 345 g/mol. The zero-order valence-corrected chi connectivity index (χ0v) is 15.5. The maximum Gasteiger partial charge on any atom is 0.317 e. The summed E-state index contributed by atoms with van der Waals surface area (Å²) in [5, 5.41) is 3.13. The van der Waals surface area contributed by atoms with Crippen LogP contribution in [0.3, 0.4) is 0 Å². The van der Waals surface area contributed by atoms with Crippen LogP contribution in [0.25, 0.3) is 0 Å². The Morgan fingerprint density at radius 1 is 1.32 bits per heavy atom. The van der Waals surface area contributed by atoms with Gasteiger partial charge in [-0.3, -0.25) is 0 Å². The van der Waals surface area contributed by atoms with Crippen molar-refractivity contribution in [2.75, 3.05) is 39.8 Å². The number of nitrogens with one attached hydrogen (secondary N) is 1. The zero-order chi connectivity index (χ0) is 17.6. The third kappa shape index (κ3) is 4.66. The Labute approximate surface area is 151 Å². The third-order valence-corrected chi connectivity index (χ3v) is 5.43. The third-order valence-electron chi connectivity index (χ3n) is 5.43. The predicted octanol–water partition coefficient (Wildman–Crippen LogP) is 2.75. The molecule has 1 aromatic rings. The number of hydrogen-bond donors (Lipinski definition) is 1. The second-order valence-electron chi connectivity index (χ2n) is 7.28. The average Bonchev–Trinajstić information content (AvgIpc) is 2.61. The van der Waals surface area contributed by atoms with Gasteiger partial charge in [0.1, 0.15) is 5.75 Å². The van der Waals surface area contributed by atoms with E-state index in [0.717, 1.165) is 44.6 Å². The van der Waals surface area contributed by atoms with E-state index in [9.17, 15) is 4.79 Å². The number of amides is 2. The average molecular weight is 345 g/mol. The molecule has 2 aliphatic heterocycles. The Balaban J connectivity index is 1.49. The van der Waals surface area contributed by atoms with Gasteiger partial charge >= 0.3 is 6.03 Å². The number of rotatable bonds is 5. The molecule has 2 amide bonds. The number of piperidine rings is 2. The van der Waals surface area contributed by atoms with Crippen LogP contribution >= 0.6 is 0 Å². The lowest BCUT2D eigenvalue weighted by Gasteiger charge is -2.46. The first kappa shape index (κ1) is 18.1. The van der Waals surface area contributed by atoms with Crippen molar-refractivity contribution in [1.82, 2.24) is 15.1 Å². The Morgan fingerprint density at radius 2 is 2.20 bits per heavy atom. The van der Waals surface area contributed by atoms with Crippen LogP contribution in [0.2, 0.25) is 0 Å². The topological polar surface area (TPSA) is 44.8 Å². The summed E-state index contributed by atoms with van der Waals surface area (Å²) in [7, 11) is 2.19. The van der Waals surface area contributed by atoms with E-state index >= 15 is 0 Å². The van der Waals surface area contributed by atoms with Crippen LogP contribution in [0.4, 0.5) is 4.79 Å². The molecule has 0 radical (unpaired) electrons. The van der Waals surface area contributed by atoms with Crippen molar-refractivity contribution in [2.24, 2.45) is 5.92 Å². The normalized spacial score (nSPS) is 23.8. The molecular weight excluding hydrogens is 314 g/mol. The lowest BCUT2D eigenvalue weighted by atomic mass is 9.84. The summed E-state index contributed by atoms with van der Waals surface area (Å²) in [6.07, 6.45) is 4.31. The van der Waals surface area contributed by atoms with Gasteiger partial charge in [0, 0.05) is 25.7 Å². The first-order chi connectivity index (χ1) is 12.2. The Bertz CT molecular complexity index is 578. The summed E-state index contributed by atoms with van der Waals surface area (Å²) >= 11 is 0. The van der Waals surface area contributed by atoms with E-state index in [2.05, 4.69) is 34.3 Å². The zero-order valence-electron chi connectivity index (χ0n) is 15.5. The summed E-state index contributed by atoms with van der Waals surface area (Å²) in [5.74, 6) is 1.54. The van der Waals surface area contributed by atoms with Crippen molar-refractivity contribution in [3.63, 3.8) is 0 Å². The fourth-order valence-corrected chi connectivity index (χ4v) is 4.21. The molecule has 5 heteroatoms. The standard InChI is InChI=1S/C20H31N3O2/c1-3-25-18-8-4-6-16(14-18)9-11-21-20(24)23-12-5-7-17-15-22(2)13-10-19(17)23/h4,6,8,14,17,19H,3,5,7,9-13,15H2,1-2H3,(H,21,24)/t17-,19-/m0/s1. The maximum absolute atomic E-state index is 12.7. The Kier molecular flexibility index (Phi) is 6.19. The molecule has 2 heterocycles. The fourth-order valence-electron chi connectivity index (χ4n) is 4.21. The van der Waals surface area contributed by atoms with E-state index in [4.69, 9.17) is 4.74 Å². The highest BCUT2D eigenvalue weighted by Crippen LogP contribution is 2.30. The molecule has 1 N–H and O–H groups in total. The van der Waals surface area contributed by atoms with Gasteiger partial charge < -0.3 is 19.9 Å². The molecule has 0 saturated carbocycles. The van der Waals surface area contributed by atoms with E-state index in [-0.39, 0.29) is 6.03 Å². The Hall–Kier alpha value is -1.75. The molecule has 25 heavy (non-hydrogen) atoms. The Morgan fingerprint density at radius 3 is 3.04 bits per heavy atom. The minimum Gasteiger partial charge on any atom is -0.494 e. The summed E-state index contributed by atoms with van der Waals surface area (Å²) < 4.78 is 5.54. The van der Waals surface area contributed by atoms with Crippen LogP contribution in [-0.2, 0) is 6.42 Å². The number of carbonyl (C=O) groups excluding carboxylic acids is 1. The summed E-state index contributed by atoms with van der Waals surface area (Å²) in [6, 6.07) is 8.66. The molecule has 2 saturated heterocycles. The molecule has 3 rings (SSSR count). The molecule has 0 aliphatic carbocycles. The minimum atomic E-state index is 0.111. The molecule has 0 spiro atoms. The number of hydrogen-bond acceptors (Lipinski definition) is 3. The fraction of sp³-hybridized carbons (Fsp3) is 0.650. The van der Waals surface area contributed by atoms with Crippen LogP contribution in [-0.4, -0.2) is 61.7 Å². The highest BCUT2D eigenvalue weighted by molar-refractivity contribution is 5.74. The molecule has 1 aromatic carbocycles. The van der Waals surface area contributed by atoms with Gasteiger partial charge in [-0.1, -0.05) is 12.1 Å². The number of benzene rings is 1. The molecule has 0 aromatic heterocycles. The quantitative estimate of drug-likeness (QED) is 0.892. The van der Waals surface area contributed by atoms with Crippen molar-refractivity contribution in [3.8, 4) is 5.75 Å². The maximum atomic E-state index is 12.7. The summed E-state index contributed by atoms with van der Waals surface area (Å²) in [5.41, 5.74) is 1.20. The van der Waals surface area contributed by atoms with E-state index < -0.39 is 0 Å². The van der Waals surface area contributed by atoms with Crippen LogP contribution in [0, 0.1) is 5.92 Å². The summed E-state index contributed by atoms with van der Waals surface area (Å²) in [4.78, 5) is 17.2. The van der Waals surface area contributed by atoms with Crippen molar-refractivity contribution in [1.29, 1.82) is 0 Å². The number of nitrogens with zero attached hydrogens (tertiary/aromatic N) is 2. The molecule has 0 bridgehead atoms. The van der Waals surface area contributed by atoms with Gasteiger partial charge in [-0.15, -0.1) is 0 Å². The van der Waals surface area contributed by atoms with Gasteiger partial charge in [0.2, 0.25) is 0 Å². The molecule has 2 atom stereocenters. The van der Waals surface area contributed by atoms with Crippen molar-refractivity contribution >= 4 is 6.03 Å². The van der Waals surface area contributed by atoms with Gasteiger partial charge in [0.15, 0.2) is 0 Å². The molecule has 2 fully saturated rings. The molecule has 0 unspecified atom stereocenters. The molecule has 138 valence electrons. The van der Waals surface area contributed by atoms with E-state index in [1.807, 2.05) is 19.1 Å². The second-order valence-corrected chi connectivity index (χ2v) is 7.28. The SMILES string of the molecule is CCOc1cccc(CCNC(=O)N2CCC[C@H]3CN(C)CC[C@@H]32)c1. The van der Waals surface area contributed by atoms with Gasteiger partial charge in [0.25, 0.3) is 0 Å². The van der Waals surface area contributed by atoms with Crippen molar-refractivity contribution in [2.45, 2.75) is 38.6 Å². The van der Waals surface area contributed by atoms with Crippen LogP contribution in [0.15, 0.2) is 24.3 Å². The number of likely N-dealkylation sites (tertiary alicyclic amines) is 2. The lowest BCUT2D eigenvalue weighted by molar-refractivity contribution is 0.0534. The van der Waals surface area contributed by atoms with Gasteiger partial charge in [-0.05, 0) is 69.8 Å². The number of fused-ring (bicyclic) bond motifs is 1. The van der Waals surface area contributed by atoms with Gasteiger partial charge in [-0.25, -0.2) is 4.79 Å². The van der Waals surface area contributed by atoms with Crippen molar-refractivity contribution in [3.05, 3.63) is 29.8 Å². The first-order valence-corrected chi connectivity index (χ1v) is 9.62. The van der Waals surface area contributed by atoms with E-state index in [1.165, 1.54) is 12.0 Å². The van der Waals surface area contributed by atoms with Crippen LogP contribution < -0.4 is 10.1 Å². The molecule has 5 nitrogen and oxygen atoms in total. The van der Waals surface area contributed by atoms with Crippen LogP contribution in [0.1, 0.15) is 31.7 Å². The van der Waals surface area contributed by atoms with E-state index in [1.54, 1.807) is 0 Å². The molecular formula is C20H31N3O2. The lowest BCUT2D eigenvalue weighted by Crippen LogP contribution is -2.57. The highest BCUT2D eigenvalue weighted by atomic mass is 16.5. The first-order valence-electron chi connectivity index (χ1n) is 9.62. The van der Waals surface area contributed by atoms with Gasteiger partial charge in [0.05, 0.1) is 6.61 Å². The van der Waals surface area contributed by atoms with E-state index in [0.29, 0.717) is 25.1 Å². The van der Waals surface area contributed by atoms with Crippen LogP contribution in [0.5, 0.6) is 5.75 Å². The number of ether oxygens (including phenoxy) is 1. The second kappa shape index (κ2) is 8.56. The van der Waals surface area contributed by atoms with Crippen molar-refractivity contribution < 1.29 is 9.53 Å². The predicted molar refractivity (Wildman–Crippen MR) is 100 cm³/mol. The molecule has 2 aliphatic rings. The smallest absolute Gasteiger partial charge is 0.317 e. The van der Waals surface area contributed by atoms with Gasteiger partial charge in [-0.2, -0.15) is 0 Å². The minimum absolute atomic E-state index is 0.111. The number of carbonyl (C=O) groups is 1. The number of urea groups is 1. The largest absolute Gasteiger partial charge is 0.494 e. The summed E-state index contributed by atoms with van der Waals surface area (Å²) in [6.45, 7) is 6.45. The highest BCUT2D eigenvalue weighted by Gasteiger charge is 2.37.